The number of carbonyl (C=O) groups excluding carboxylic acids is 1. The smallest absolute Gasteiger partial charge is 0.250 e. The van der Waals surface area contributed by atoms with Crippen LogP contribution in [0.4, 0.5) is 11.4 Å². The number of amides is 1. The first-order valence-corrected chi connectivity index (χ1v) is 5.93. The first-order valence-electron chi connectivity index (χ1n) is 5.93. The van der Waals surface area contributed by atoms with Gasteiger partial charge in [-0.3, -0.25) is 4.79 Å². The van der Waals surface area contributed by atoms with E-state index >= 15 is 0 Å². The fourth-order valence-electron chi connectivity index (χ4n) is 2.17. The molecule has 0 bridgehead atoms. The monoisotopic (exact) mass is 230 g/mol. The molecule has 0 aromatic heterocycles. The van der Waals surface area contributed by atoms with Gasteiger partial charge in [0.15, 0.2) is 0 Å². The highest BCUT2D eigenvalue weighted by atomic mass is 16.2. The zero-order chi connectivity index (χ0) is 12.4. The minimum atomic E-state index is 0.0655. The minimum absolute atomic E-state index is 0.0655. The number of benzene rings is 1. The molecular weight excluding hydrogens is 212 g/mol. The lowest BCUT2D eigenvalue weighted by atomic mass is 10.0. The summed E-state index contributed by atoms with van der Waals surface area (Å²) in [6.45, 7) is 4.66. The normalized spacial score (nSPS) is 14.1. The first-order chi connectivity index (χ1) is 8.08. The van der Waals surface area contributed by atoms with Crippen LogP contribution in [-0.4, -0.2) is 12.5 Å². The van der Waals surface area contributed by atoms with Gasteiger partial charge in [0.25, 0.3) is 5.91 Å². The van der Waals surface area contributed by atoms with Crippen LogP contribution in [0.3, 0.4) is 0 Å². The van der Waals surface area contributed by atoms with E-state index < -0.39 is 0 Å². The summed E-state index contributed by atoms with van der Waals surface area (Å²) in [6, 6.07) is 5.77. The van der Waals surface area contributed by atoms with Crippen molar-refractivity contribution in [3.63, 3.8) is 0 Å². The highest BCUT2D eigenvalue weighted by molar-refractivity contribution is 6.02. The molecule has 0 atom stereocenters. The van der Waals surface area contributed by atoms with Gasteiger partial charge in [-0.05, 0) is 50.5 Å². The summed E-state index contributed by atoms with van der Waals surface area (Å²) >= 11 is 0. The molecule has 1 heterocycles. The third-order valence-electron chi connectivity index (χ3n) is 2.90. The Morgan fingerprint density at radius 2 is 2.18 bits per heavy atom. The molecule has 2 N–H and O–H groups in total. The summed E-state index contributed by atoms with van der Waals surface area (Å²) in [4.78, 5) is 13.9. The maximum atomic E-state index is 12.1. The molecule has 3 nitrogen and oxygen atoms in total. The van der Waals surface area contributed by atoms with E-state index in [1.165, 1.54) is 5.56 Å². The number of carbonyl (C=O) groups is 1. The Morgan fingerprint density at radius 3 is 2.88 bits per heavy atom. The van der Waals surface area contributed by atoms with Crippen LogP contribution in [0.15, 0.2) is 29.8 Å². The molecule has 3 heteroatoms. The molecule has 2 rings (SSSR count). The second-order valence-electron chi connectivity index (χ2n) is 4.70. The quantitative estimate of drug-likeness (QED) is 0.595. The Balaban J connectivity index is 2.35. The highest BCUT2D eigenvalue weighted by Gasteiger charge is 2.20. The van der Waals surface area contributed by atoms with Gasteiger partial charge in [0.1, 0.15) is 0 Å². The van der Waals surface area contributed by atoms with E-state index in [9.17, 15) is 4.79 Å². The summed E-state index contributed by atoms with van der Waals surface area (Å²) in [6.07, 6.45) is 3.68. The average molecular weight is 230 g/mol. The number of rotatable bonds is 1. The van der Waals surface area contributed by atoms with Crippen LogP contribution in [0.5, 0.6) is 0 Å². The van der Waals surface area contributed by atoms with E-state index in [0.29, 0.717) is 0 Å². The van der Waals surface area contributed by atoms with Crippen LogP contribution in [0.1, 0.15) is 25.8 Å². The van der Waals surface area contributed by atoms with Crippen molar-refractivity contribution in [2.24, 2.45) is 0 Å². The largest absolute Gasteiger partial charge is 0.399 e. The number of nitrogens with zero attached hydrogens (tertiary/aromatic N) is 1. The lowest BCUT2D eigenvalue weighted by molar-refractivity contribution is -0.114. The number of hydrogen-bond acceptors (Lipinski definition) is 2. The van der Waals surface area contributed by atoms with Gasteiger partial charge in [-0.2, -0.15) is 0 Å². The fourth-order valence-corrected chi connectivity index (χ4v) is 2.17. The van der Waals surface area contributed by atoms with Gasteiger partial charge in [0, 0.05) is 24.0 Å². The summed E-state index contributed by atoms with van der Waals surface area (Å²) in [7, 11) is 0. The zero-order valence-corrected chi connectivity index (χ0v) is 10.4. The average Bonchev–Trinajstić information content (AvgIpc) is 2.26. The van der Waals surface area contributed by atoms with Crippen molar-refractivity contribution in [2.45, 2.75) is 26.7 Å². The van der Waals surface area contributed by atoms with Crippen molar-refractivity contribution in [1.82, 2.24) is 0 Å². The van der Waals surface area contributed by atoms with Crippen LogP contribution in [0.2, 0.25) is 0 Å². The standard InChI is InChI=1S/C14H18N2O/c1-10(2)8-14(17)16-7-3-4-11-9-12(15)5-6-13(11)16/h5-6,8-9H,3-4,7,15H2,1-2H3. The summed E-state index contributed by atoms with van der Waals surface area (Å²) in [5.41, 5.74) is 9.74. The lowest BCUT2D eigenvalue weighted by Crippen LogP contribution is -2.34. The molecule has 90 valence electrons. The molecule has 17 heavy (non-hydrogen) atoms. The predicted octanol–water partition coefficient (Wildman–Crippen LogP) is 2.51. The predicted molar refractivity (Wildman–Crippen MR) is 71.0 cm³/mol. The fraction of sp³-hybridized carbons (Fsp3) is 0.357. The van der Waals surface area contributed by atoms with Crippen molar-refractivity contribution in [1.29, 1.82) is 0 Å². The van der Waals surface area contributed by atoms with Gasteiger partial charge in [0.05, 0.1) is 0 Å². The Hall–Kier alpha value is -1.77. The van der Waals surface area contributed by atoms with E-state index in [1.807, 2.05) is 36.9 Å². The Bertz CT molecular complexity index is 473. The molecule has 0 fully saturated rings. The molecule has 0 aliphatic carbocycles. The van der Waals surface area contributed by atoms with Gasteiger partial charge in [0.2, 0.25) is 0 Å². The maximum absolute atomic E-state index is 12.1. The summed E-state index contributed by atoms with van der Waals surface area (Å²) in [5.74, 6) is 0.0655. The van der Waals surface area contributed by atoms with Gasteiger partial charge in [-0.25, -0.2) is 0 Å². The molecule has 0 unspecified atom stereocenters. The van der Waals surface area contributed by atoms with Crippen LogP contribution >= 0.6 is 0 Å². The molecule has 0 saturated heterocycles. The molecule has 1 amide bonds. The Kier molecular flexibility index (Phi) is 3.18. The first kappa shape index (κ1) is 11.7. The zero-order valence-electron chi connectivity index (χ0n) is 10.4. The van der Waals surface area contributed by atoms with Gasteiger partial charge < -0.3 is 10.6 Å². The number of allylic oxidation sites excluding steroid dienone is 1. The van der Waals surface area contributed by atoms with E-state index in [0.717, 1.165) is 36.3 Å². The van der Waals surface area contributed by atoms with Crippen molar-refractivity contribution in [3.05, 3.63) is 35.4 Å². The molecule has 1 aromatic carbocycles. The Morgan fingerprint density at radius 1 is 1.41 bits per heavy atom. The summed E-state index contributed by atoms with van der Waals surface area (Å²) in [5, 5.41) is 0. The number of fused-ring (bicyclic) bond motifs is 1. The van der Waals surface area contributed by atoms with Crippen molar-refractivity contribution in [2.75, 3.05) is 17.2 Å². The van der Waals surface area contributed by atoms with Gasteiger partial charge in [-0.1, -0.05) is 5.57 Å². The summed E-state index contributed by atoms with van der Waals surface area (Å²) < 4.78 is 0. The topological polar surface area (TPSA) is 46.3 Å². The van der Waals surface area contributed by atoms with Crippen molar-refractivity contribution < 1.29 is 4.79 Å². The number of aryl methyl sites for hydroxylation is 1. The number of anilines is 2. The van der Waals surface area contributed by atoms with E-state index in [1.54, 1.807) is 6.08 Å². The Labute approximate surface area is 102 Å². The molecule has 0 saturated carbocycles. The van der Waals surface area contributed by atoms with E-state index in [-0.39, 0.29) is 5.91 Å². The third-order valence-corrected chi connectivity index (χ3v) is 2.90. The second-order valence-corrected chi connectivity index (χ2v) is 4.70. The molecule has 0 radical (unpaired) electrons. The lowest BCUT2D eigenvalue weighted by Gasteiger charge is -2.29. The molecular formula is C14H18N2O. The van der Waals surface area contributed by atoms with Gasteiger partial charge >= 0.3 is 0 Å². The minimum Gasteiger partial charge on any atom is -0.399 e. The molecule has 1 aromatic rings. The van der Waals surface area contributed by atoms with Crippen LogP contribution < -0.4 is 10.6 Å². The second kappa shape index (κ2) is 4.62. The molecule has 1 aliphatic rings. The molecule has 1 aliphatic heterocycles. The van der Waals surface area contributed by atoms with Crippen molar-refractivity contribution in [3.8, 4) is 0 Å². The molecule has 0 spiro atoms. The number of nitrogen functional groups attached to an aromatic ring is 1. The number of hydrogen-bond donors (Lipinski definition) is 1. The van der Waals surface area contributed by atoms with Crippen molar-refractivity contribution >= 4 is 17.3 Å². The maximum Gasteiger partial charge on any atom is 0.250 e. The van der Waals surface area contributed by atoms with Crippen LogP contribution in [-0.2, 0) is 11.2 Å². The van der Waals surface area contributed by atoms with Crippen LogP contribution in [0, 0.1) is 0 Å². The number of nitrogens with two attached hydrogens (primary N) is 1. The van der Waals surface area contributed by atoms with Gasteiger partial charge in [-0.15, -0.1) is 0 Å². The van der Waals surface area contributed by atoms with E-state index in [4.69, 9.17) is 5.73 Å². The third kappa shape index (κ3) is 2.49. The SMILES string of the molecule is CC(C)=CC(=O)N1CCCc2cc(N)ccc21. The van der Waals surface area contributed by atoms with Crippen LogP contribution in [0.25, 0.3) is 0 Å². The van der Waals surface area contributed by atoms with E-state index in [2.05, 4.69) is 0 Å². The highest BCUT2D eigenvalue weighted by Crippen LogP contribution is 2.29.